The maximum Gasteiger partial charge on any atom is 0.150 e. The van der Waals surface area contributed by atoms with Crippen LogP contribution in [0.15, 0.2) is 12.3 Å². The van der Waals surface area contributed by atoms with Gasteiger partial charge in [-0.15, -0.1) is 0 Å². The number of nitrogens with two attached hydrogens (primary N) is 1. The molecule has 2 rings (SSSR count). The molecule has 5 nitrogen and oxygen atoms in total. The maximum absolute atomic E-state index is 8.84. The Bertz CT molecular complexity index is 433. The summed E-state index contributed by atoms with van der Waals surface area (Å²) in [5.41, 5.74) is 6.73. The molecule has 0 spiro atoms. The van der Waals surface area contributed by atoms with Crippen molar-refractivity contribution in [2.45, 2.75) is 18.9 Å². The molecule has 1 aromatic heterocycles. The first-order chi connectivity index (χ1) is 8.22. The molecule has 0 radical (unpaired) electrons. The standard InChI is InChI=1S/C12H17N5/c1-17(10-2-3-10)7-6-16-12-11(14)9(8-13)4-5-15-12/h4-5,10H,2-3,6-7,14H2,1H3,(H,15,16). The molecule has 1 aliphatic rings. The van der Waals surface area contributed by atoms with Crippen LogP contribution in [-0.4, -0.2) is 36.1 Å². The van der Waals surface area contributed by atoms with Crippen molar-refractivity contribution in [2.24, 2.45) is 0 Å². The third kappa shape index (κ3) is 2.86. The maximum atomic E-state index is 8.84. The first-order valence-electron chi connectivity index (χ1n) is 5.81. The number of anilines is 2. The van der Waals surface area contributed by atoms with Crippen LogP contribution in [0.2, 0.25) is 0 Å². The van der Waals surface area contributed by atoms with Crippen molar-refractivity contribution in [3.8, 4) is 6.07 Å². The van der Waals surface area contributed by atoms with Gasteiger partial charge in [-0.2, -0.15) is 5.26 Å². The second-order valence-electron chi connectivity index (χ2n) is 4.37. The van der Waals surface area contributed by atoms with E-state index in [0.29, 0.717) is 17.1 Å². The Kier molecular flexibility index (Phi) is 3.45. The van der Waals surface area contributed by atoms with Crippen LogP contribution in [-0.2, 0) is 0 Å². The number of nitrogen functional groups attached to an aromatic ring is 1. The van der Waals surface area contributed by atoms with Crippen LogP contribution in [0.4, 0.5) is 11.5 Å². The molecule has 0 atom stereocenters. The lowest BCUT2D eigenvalue weighted by Crippen LogP contribution is -2.27. The zero-order valence-corrected chi connectivity index (χ0v) is 9.98. The minimum atomic E-state index is 0.434. The molecule has 90 valence electrons. The highest BCUT2D eigenvalue weighted by Gasteiger charge is 2.25. The van der Waals surface area contributed by atoms with Gasteiger partial charge in [-0.1, -0.05) is 0 Å². The summed E-state index contributed by atoms with van der Waals surface area (Å²) in [6.07, 6.45) is 4.21. The molecule has 1 saturated carbocycles. The number of aromatic nitrogens is 1. The Morgan fingerprint density at radius 3 is 3.06 bits per heavy atom. The monoisotopic (exact) mass is 231 g/mol. The van der Waals surface area contributed by atoms with Crippen LogP contribution in [0.25, 0.3) is 0 Å². The smallest absolute Gasteiger partial charge is 0.150 e. The number of hydrogen-bond acceptors (Lipinski definition) is 5. The molecule has 0 aromatic carbocycles. The first-order valence-corrected chi connectivity index (χ1v) is 5.81. The lowest BCUT2D eigenvalue weighted by Gasteiger charge is -2.16. The van der Waals surface area contributed by atoms with Crippen molar-refractivity contribution in [3.63, 3.8) is 0 Å². The van der Waals surface area contributed by atoms with E-state index in [-0.39, 0.29) is 0 Å². The second-order valence-corrected chi connectivity index (χ2v) is 4.37. The van der Waals surface area contributed by atoms with Crippen LogP contribution in [0.3, 0.4) is 0 Å². The Labute approximate surface area is 101 Å². The average molecular weight is 231 g/mol. The fraction of sp³-hybridized carbons (Fsp3) is 0.500. The molecule has 1 fully saturated rings. The molecule has 0 bridgehead atoms. The SMILES string of the molecule is CN(CCNc1nccc(C#N)c1N)C1CC1. The number of pyridine rings is 1. The molecule has 3 N–H and O–H groups in total. The summed E-state index contributed by atoms with van der Waals surface area (Å²) in [7, 11) is 2.13. The van der Waals surface area contributed by atoms with Crippen LogP contribution < -0.4 is 11.1 Å². The van der Waals surface area contributed by atoms with Crippen molar-refractivity contribution in [3.05, 3.63) is 17.8 Å². The molecule has 0 aliphatic heterocycles. The number of nitriles is 1. The number of rotatable bonds is 5. The van der Waals surface area contributed by atoms with Gasteiger partial charge in [0.25, 0.3) is 0 Å². The number of nitrogens with one attached hydrogen (secondary N) is 1. The van der Waals surface area contributed by atoms with E-state index in [9.17, 15) is 0 Å². The van der Waals surface area contributed by atoms with Crippen molar-refractivity contribution >= 4 is 11.5 Å². The molecule has 1 heterocycles. The molecule has 0 amide bonds. The second kappa shape index (κ2) is 5.02. The largest absolute Gasteiger partial charge is 0.395 e. The molecule has 0 unspecified atom stereocenters. The topological polar surface area (TPSA) is 78.0 Å². The number of nitrogens with zero attached hydrogens (tertiary/aromatic N) is 3. The molecule has 5 heteroatoms. The zero-order chi connectivity index (χ0) is 12.3. The van der Waals surface area contributed by atoms with E-state index in [1.165, 1.54) is 12.8 Å². The van der Waals surface area contributed by atoms with Gasteiger partial charge in [0.15, 0.2) is 5.82 Å². The normalized spacial score (nSPS) is 14.6. The van der Waals surface area contributed by atoms with Gasteiger partial charge >= 0.3 is 0 Å². The molecular weight excluding hydrogens is 214 g/mol. The van der Waals surface area contributed by atoms with E-state index >= 15 is 0 Å². The van der Waals surface area contributed by atoms with Crippen LogP contribution in [0.1, 0.15) is 18.4 Å². The lowest BCUT2D eigenvalue weighted by atomic mass is 10.2. The van der Waals surface area contributed by atoms with E-state index in [1.807, 2.05) is 6.07 Å². The third-order valence-corrected chi connectivity index (χ3v) is 3.04. The summed E-state index contributed by atoms with van der Waals surface area (Å²) in [5.74, 6) is 0.605. The van der Waals surface area contributed by atoms with Crippen LogP contribution >= 0.6 is 0 Å². The fourth-order valence-corrected chi connectivity index (χ4v) is 1.76. The van der Waals surface area contributed by atoms with Crippen LogP contribution in [0.5, 0.6) is 0 Å². The Morgan fingerprint density at radius 2 is 2.41 bits per heavy atom. The van der Waals surface area contributed by atoms with E-state index in [1.54, 1.807) is 12.3 Å². The van der Waals surface area contributed by atoms with E-state index in [2.05, 4.69) is 22.2 Å². The number of hydrogen-bond donors (Lipinski definition) is 2. The zero-order valence-electron chi connectivity index (χ0n) is 9.98. The van der Waals surface area contributed by atoms with Crippen molar-refractivity contribution in [1.82, 2.24) is 9.88 Å². The van der Waals surface area contributed by atoms with E-state index in [0.717, 1.165) is 19.1 Å². The summed E-state index contributed by atoms with van der Waals surface area (Å²) in [6, 6.07) is 4.43. The minimum absolute atomic E-state index is 0.434. The van der Waals surface area contributed by atoms with Gasteiger partial charge in [0.2, 0.25) is 0 Å². The van der Waals surface area contributed by atoms with Crippen molar-refractivity contribution in [1.29, 1.82) is 5.26 Å². The highest BCUT2D eigenvalue weighted by atomic mass is 15.2. The molecule has 17 heavy (non-hydrogen) atoms. The Hall–Kier alpha value is -1.80. The van der Waals surface area contributed by atoms with Crippen LogP contribution in [0, 0.1) is 11.3 Å². The highest BCUT2D eigenvalue weighted by Crippen LogP contribution is 2.25. The van der Waals surface area contributed by atoms with Gasteiger partial charge in [0.1, 0.15) is 6.07 Å². The molecule has 0 saturated heterocycles. The Morgan fingerprint density at radius 1 is 1.65 bits per heavy atom. The summed E-state index contributed by atoms with van der Waals surface area (Å²) < 4.78 is 0. The highest BCUT2D eigenvalue weighted by molar-refractivity contribution is 5.68. The van der Waals surface area contributed by atoms with Crippen molar-refractivity contribution < 1.29 is 0 Å². The molecule has 1 aromatic rings. The minimum Gasteiger partial charge on any atom is -0.395 e. The van der Waals surface area contributed by atoms with E-state index < -0.39 is 0 Å². The summed E-state index contributed by atoms with van der Waals surface area (Å²) in [6.45, 7) is 1.75. The average Bonchev–Trinajstić information content (AvgIpc) is 3.15. The predicted octanol–water partition coefficient (Wildman–Crippen LogP) is 1.04. The Balaban J connectivity index is 1.88. The van der Waals surface area contributed by atoms with Gasteiger partial charge in [-0.05, 0) is 26.0 Å². The number of likely N-dealkylation sites (N-methyl/N-ethyl adjacent to an activating group) is 1. The van der Waals surface area contributed by atoms with Gasteiger partial charge in [-0.25, -0.2) is 4.98 Å². The fourth-order valence-electron chi connectivity index (χ4n) is 1.76. The van der Waals surface area contributed by atoms with Crippen molar-refractivity contribution in [2.75, 3.05) is 31.2 Å². The third-order valence-electron chi connectivity index (χ3n) is 3.04. The summed E-state index contributed by atoms with van der Waals surface area (Å²) in [4.78, 5) is 6.47. The summed E-state index contributed by atoms with van der Waals surface area (Å²) in [5, 5.41) is 12.0. The van der Waals surface area contributed by atoms with Gasteiger partial charge in [0, 0.05) is 25.3 Å². The molecular formula is C12H17N5. The van der Waals surface area contributed by atoms with E-state index in [4.69, 9.17) is 11.0 Å². The lowest BCUT2D eigenvalue weighted by molar-refractivity contribution is 0.337. The van der Waals surface area contributed by atoms with Gasteiger partial charge in [0.05, 0.1) is 11.3 Å². The predicted molar refractivity (Wildman–Crippen MR) is 67.5 cm³/mol. The molecule has 1 aliphatic carbocycles. The van der Waals surface area contributed by atoms with Gasteiger partial charge in [-0.3, -0.25) is 0 Å². The van der Waals surface area contributed by atoms with Gasteiger partial charge < -0.3 is 16.0 Å². The quantitative estimate of drug-likeness (QED) is 0.791. The first kappa shape index (κ1) is 11.7. The summed E-state index contributed by atoms with van der Waals surface area (Å²) >= 11 is 0.